The molecular weight excluding hydrogens is 202 g/mol. The van der Waals surface area contributed by atoms with Crippen molar-refractivity contribution in [1.82, 2.24) is 0 Å². The van der Waals surface area contributed by atoms with Crippen LogP contribution in [0, 0.1) is 0 Å². The highest BCUT2D eigenvalue weighted by atomic mass is 19.2. The van der Waals surface area contributed by atoms with Gasteiger partial charge >= 0.3 is 0 Å². The molecular formula is C11H14F2O2. The van der Waals surface area contributed by atoms with E-state index >= 15 is 0 Å². The lowest BCUT2D eigenvalue weighted by molar-refractivity contribution is 0.0617. The minimum Gasteiger partial charge on any atom is -0.494 e. The van der Waals surface area contributed by atoms with E-state index in [-0.39, 0.29) is 0 Å². The van der Waals surface area contributed by atoms with E-state index in [1.165, 1.54) is 12.1 Å². The number of halogens is 2. The zero-order chi connectivity index (χ0) is 11.3. The van der Waals surface area contributed by atoms with Gasteiger partial charge in [-0.3, -0.25) is 0 Å². The van der Waals surface area contributed by atoms with Gasteiger partial charge in [-0.1, -0.05) is 12.1 Å². The van der Waals surface area contributed by atoms with Crippen LogP contribution in [0.15, 0.2) is 24.3 Å². The second-order valence-corrected chi connectivity index (χ2v) is 3.12. The van der Waals surface area contributed by atoms with Crippen molar-refractivity contribution in [3.63, 3.8) is 0 Å². The predicted octanol–water partition coefficient (Wildman–Crippen LogP) is 2.43. The summed E-state index contributed by atoms with van der Waals surface area (Å²) in [6.07, 6.45) is -3.28. The van der Waals surface area contributed by atoms with Gasteiger partial charge in [0.15, 0.2) is 6.17 Å². The van der Waals surface area contributed by atoms with Crippen LogP contribution in [0.2, 0.25) is 0 Å². The highest BCUT2D eigenvalue weighted by Gasteiger charge is 2.19. The molecule has 0 heterocycles. The highest BCUT2D eigenvalue weighted by Crippen LogP contribution is 2.22. The van der Waals surface area contributed by atoms with E-state index in [0.717, 1.165) is 0 Å². The fourth-order valence-electron chi connectivity index (χ4n) is 1.22. The number of rotatable bonds is 5. The molecule has 2 atom stereocenters. The van der Waals surface area contributed by atoms with Crippen LogP contribution in [0.3, 0.4) is 0 Å². The number of aliphatic hydroxyl groups excluding tert-OH is 1. The second-order valence-electron chi connectivity index (χ2n) is 3.12. The minimum absolute atomic E-state index is 0.351. The van der Waals surface area contributed by atoms with Crippen LogP contribution < -0.4 is 4.74 Å². The summed E-state index contributed by atoms with van der Waals surface area (Å²) in [6, 6.07) is 6.29. The average Bonchev–Trinajstić information content (AvgIpc) is 2.28. The van der Waals surface area contributed by atoms with Crippen molar-refractivity contribution in [2.75, 3.05) is 13.3 Å². The minimum atomic E-state index is -1.87. The lowest BCUT2D eigenvalue weighted by atomic mass is 10.1. The Kier molecular flexibility index (Phi) is 4.49. The zero-order valence-electron chi connectivity index (χ0n) is 8.49. The van der Waals surface area contributed by atoms with E-state index in [2.05, 4.69) is 0 Å². The molecule has 4 heteroatoms. The summed E-state index contributed by atoms with van der Waals surface area (Å²) in [6.45, 7) is 1.20. The Bertz CT molecular complexity index is 287. The Balaban J connectivity index is 2.70. The van der Waals surface area contributed by atoms with Crippen LogP contribution >= 0.6 is 0 Å². The quantitative estimate of drug-likeness (QED) is 0.819. The van der Waals surface area contributed by atoms with Crippen LogP contribution in [0.25, 0.3) is 0 Å². The molecule has 0 spiro atoms. The molecule has 1 rings (SSSR count). The molecule has 1 aromatic carbocycles. The van der Waals surface area contributed by atoms with Crippen molar-refractivity contribution in [2.45, 2.75) is 19.2 Å². The third-order valence-electron chi connectivity index (χ3n) is 2.02. The first-order valence-electron chi connectivity index (χ1n) is 4.80. The van der Waals surface area contributed by atoms with Gasteiger partial charge in [0.05, 0.1) is 6.61 Å². The van der Waals surface area contributed by atoms with Crippen LogP contribution in [0.1, 0.15) is 18.6 Å². The van der Waals surface area contributed by atoms with E-state index in [4.69, 9.17) is 4.74 Å². The first-order chi connectivity index (χ1) is 7.19. The third-order valence-corrected chi connectivity index (χ3v) is 2.02. The molecule has 0 bridgehead atoms. The van der Waals surface area contributed by atoms with Crippen molar-refractivity contribution in [3.05, 3.63) is 29.8 Å². The van der Waals surface area contributed by atoms with Gasteiger partial charge in [0, 0.05) is 0 Å². The molecule has 0 saturated heterocycles. The fourth-order valence-corrected chi connectivity index (χ4v) is 1.22. The summed E-state index contributed by atoms with van der Waals surface area (Å²) in [4.78, 5) is 0. The molecule has 0 aliphatic heterocycles. The number of benzene rings is 1. The topological polar surface area (TPSA) is 29.5 Å². The summed E-state index contributed by atoms with van der Waals surface area (Å²) < 4.78 is 29.9. The van der Waals surface area contributed by atoms with Crippen molar-refractivity contribution in [1.29, 1.82) is 0 Å². The van der Waals surface area contributed by atoms with E-state index in [9.17, 15) is 13.9 Å². The van der Waals surface area contributed by atoms with E-state index in [1.54, 1.807) is 12.1 Å². The molecule has 0 fully saturated rings. The van der Waals surface area contributed by atoms with Gasteiger partial charge in [0.25, 0.3) is 0 Å². The largest absolute Gasteiger partial charge is 0.494 e. The van der Waals surface area contributed by atoms with Gasteiger partial charge in [0.1, 0.15) is 18.5 Å². The fraction of sp³-hybridized carbons (Fsp3) is 0.455. The maximum atomic E-state index is 12.8. The van der Waals surface area contributed by atoms with Crippen LogP contribution in [0.5, 0.6) is 5.75 Å². The van der Waals surface area contributed by atoms with Crippen molar-refractivity contribution >= 4 is 0 Å². The monoisotopic (exact) mass is 216 g/mol. The van der Waals surface area contributed by atoms with Crippen molar-refractivity contribution in [2.24, 2.45) is 0 Å². The molecule has 2 unspecified atom stereocenters. The Morgan fingerprint density at radius 1 is 1.33 bits per heavy atom. The molecule has 0 aromatic heterocycles. The van der Waals surface area contributed by atoms with Gasteiger partial charge in [-0.25, -0.2) is 8.78 Å². The van der Waals surface area contributed by atoms with Gasteiger partial charge < -0.3 is 9.84 Å². The third kappa shape index (κ3) is 3.16. The molecule has 0 aliphatic carbocycles. The van der Waals surface area contributed by atoms with E-state index < -0.39 is 19.0 Å². The molecule has 2 nitrogen and oxygen atoms in total. The summed E-state index contributed by atoms with van der Waals surface area (Å²) in [5, 5.41) is 9.35. The Morgan fingerprint density at radius 3 is 2.40 bits per heavy atom. The summed E-state index contributed by atoms with van der Waals surface area (Å²) in [7, 11) is 0. The number of hydrogen-bond acceptors (Lipinski definition) is 2. The molecule has 15 heavy (non-hydrogen) atoms. The SMILES string of the molecule is CCOc1ccc(C(O)C(F)CF)cc1. The molecule has 1 aromatic rings. The van der Waals surface area contributed by atoms with Crippen molar-refractivity contribution < 1.29 is 18.6 Å². The molecule has 84 valence electrons. The second kappa shape index (κ2) is 5.66. The van der Waals surface area contributed by atoms with Gasteiger partial charge in [0.2, 0.25) is 0 Å². The standard InChI is InChI=1S/C11H14F2O2/c1-2-15-9-5-3-8(4-6-9)11(14)10(13)7-12/h3-6,10-11,14H,2,7H2,1H3. The highest BCUT2D eigenvalue weighted by molar-refractivity contribution is 5.28. The number of ether oxygens (including phenoxy) is 1. The Morgan fingerprint density at radius 2 is 1.93 bits per heavy atom. The number of hydrogen-bond donors (Lipinski definition) is 1. The number of alkyl halides is 2. The average molecular weight is 216 g/mol. The molecule has 0 radical (unpaired) electrons. The van der Waals surface area contributed by atoms with E-state index in [1.807, 2.05) is 6.92 Å². The van der Waals surface area contributed by atoms with Crippen LogP contribution in [-0.4, -0.2) is 24.6 Å². The van der Waals surface area contributed by atoms with Gasteiger partial charge in [-0.15, -0.1) is 0 Å². The van der Waals surface area contributed by atoms with Gasteiger partial charge in [-0.2, -0.15) is 0 Å². The predicted molar refractivity (Wildman–Crippen MR) is 53.4 cm³/mol. The Labute approximate surface area is 87.5 Å². The van der Waals surface area contributed by atoms with Gasteiger partial charge in [-0.05, 0) is 24.6 Å². The lowest BCUT2D eigenvalue weighted by Crippen LogP contribution is -2.15. The molecule has 0 saturated carbocycles. The summed E-state index contributed by atoms with van der Waals surface area (Å²) >= 11 is 0. The summed E-state index contributed by atoms with van der Waals surface area (Å²) in [5.74, 6) is 0.643. The normalized spacial score (nSPS) is 14.7. The van der Waals surface area contributed by atoms with Crippen molar-refractivity contribution in [3.8, 4) is 5.75 Å². The molecule has 0 amide bonds. The Hall–Kier alpha value is -1.16. The summed E-state index contributed by atoms with van der Waals surface area (Å²) in [5.41, 5.74) is 0.351. The molecule has 1 N–H and O–H groups in total. The maximum Gasteiger partial charge on any atom is 0.158 e. The van der Waals surface area contributed by atoms with E-state index in [0.29, 0.717) is 17.9 Å². The first kappa shape index (κ1) is 11.9. The number of aliphatic hydroxyl groups is 1. The zero-order valence-corrected chi connectivity index (χ0v) is 8.49. The lowest BCUT2D eigenvalue weighted by Gasteiger charge is -2.13. The van der Waals surface area contributed by atoms with Crippen LogP contribution in [-0.2, 0) is 0 Å². The first-order valence-corrected chi connectivity index (χ1v) is 4.80. The van der Waals surface area contributed by atoms with Crippen LogP contribution in [0.4, 0.5) is 8.78 Å². The molecule has 0 aliphatic rings. The maximum absolute atomic E-state index is 12.8. The smallest absolute Gasteiger partial charge is 0.158 e.